The third-order valence-corrected chi connectivity index (χ3v) is 7.53. The molecule has 0 spiro atoms. The number of carbonyl (C=O) groups excluding carboxylic acids is 1. The highest BCUT2D eigenvalue weighted by Gasteiger charge is 2.22. The summed E-state index contributed by atoms with van der Waals surface area (Å²) >= 11 is 1.22. The monoisotopic (exact) mass is 460 g/mol. The van der Waals surface area contributed by atoms with Gasteiger partial charge in [0.1, 0.15) is 0 Å². The molecule has 1 N–H and O–H groups in total. The Morgan fingerprint density at radius 1 is 1.13 bits per heavy atom. The predicted octanol–water partition coefficient (Wildman–Crippen LogP) is 2.65. The Morgan fingerprint density at radius 2 is 1.84 bits per heavy atom. The number of sulfonamides is 1. The van der Waals surface area contributed by atoms with Crippen molar-refractivity contribution in [3.63, 3.8) is 0 Å². The molecule has 1 heterocycles. The number of nitrogens with zero attached hydrogens (tertiary/aromatic N) is 5. The third kappa shape index (κ3) is 4.94. The fourth-order valence-electron chi connectivity index (χ4n) is 2.76. The van der Waals surface area contributed by atoms with Crippen molar-refractivity contribution in [3.8, 4) is 5.69 Å². The number of aromatic nitrogens is 4. The average molecular weight is 461 g/mol. The third-order valence-electron chi connectivity index (χ3n) is 4.68. The molecule has 3 rings (SSSR count). The van der Waals surface area contributed by atoms with Crippen molar-refractivity contribution in [1.82, 2.24) is 24.5 Å². The molecule has 0 bridgehead atoms. The first kappa shape index (κ1) is 22.9. The normalized spacial score (nSPS) is 12.7. The molecule has 164 valence electrons. The van der Waals surface area contributed by atoms with E-state index in [0.29, 0.717) is 10.8 Å². The molecule has 0 saturated carbocycles. The van der Waals surface area contributed by atoms with Gasteiger partial charge in [-0.3, -0.25) is 4.79 Å². The van der Waals surface area contributed by atoms with Crippen LogP contribution in [0.25, 0.3) is 5.69 Å². The molecule has 0 fully saturated rings. The molecule has 1 unspecified atom stereocenters. The molecule has 3 aromatic rings. The number of hydrogen-bond donors (Lipinski definition) is 1. The topological polar surface area (TPSA) is 110 Å². The Morgan fingerprint density at radius 3 is 2.52 bits per heavy atom. The van der Waals surface area contributed by atoms with Crippen LogP contribution in [-0.2, 0) is 14.8 Å². The maximum Gasteiger partial charge on any atom is 0.242 e. The van der Waals surface area contributed by atoms with Crippen molar-refractivity contribution < 1.29 is 13.2 Å². The molecule has 1 amide bonds. The second-order valence-corrected chi connectivity index (χ2v) is 10.6. The number of carbonyl (C=O) groups is 1. The minimum absolute atomic E-state index is 0.113. The number of amides is 1. The van der Waals surface area contributed by atoms with Gasteiger partial charge in [0, 0.05) is 19.8 Å². The van der Waals surface area contributed by atoms with E-state index < -0.39 is 15.3 Å². The summed E-state index contributed by atoms with van der Waals surface area (Å²) in [5.74, 6) is -0.285. The maximum absolute atomic E-state index is 12.8. The molecule has 0 saturated heterocycles. The minimum Gasteiger partial charge on any atom is -0.325 e. The van der Waals surface area contributed by atoms with E-state index in [2.05, 4.69) is 20.8 Å². The maximum atomic E-state index is 12.8. The summed E-state index contributed by atoms with van der Waals surface area (Å²) in [4.78, 5) is 12.9. The number of anilines is 1. The summed E-state index contributed by atoms with van der Waals surface area (Å²) in [6, 6.07) is 12.3. The number of nitrogens with one attached hydrogen (secondary N) is 1. The van der Waals surface area contributed by atoms with Crippen molar-refractivity contribution in [2.24, 2.45) is 0 Å². The van der Waals surface area contributed by atoms with Crippen LogP contribution in [0.15, 0.2) is 52.5 Å². The van der Waals surface area contributed by atoms with Gasteiger partial charge in [-0.25, -0.2) is 12.7 Å². The van der Waals surface area contributed by atoms with E-state index in [1.54, 1.807) is 24.6 Å². The molecule has 0 aliphatic carbocycles. The molecule has 1 atom stereocenters. The zero-order valence-electron chi connectivity index (χ0n) is 17.9. The van der Waals surface area contributed by atoms with Gasteiger partial charge in [-0.1, -0.05) is 36.0 Å². The Bertz CT molecular complexity index is 1210. The highest BCUT2D eigenvalue weighted by atomic mass is 32.2. The minimum atomic E-state index is -3.61. The Hall–Kier alpha value is -2.76. The number of para-hydroxylation sites is 1. The van der Waals surface area contributed by atoms with Crippen LogP contribution < -0.4 is 5.32 Å². The average Bonchev–Trinajstić information content (AvgIpc) is 3.17. The zero-order chi connectivity index (χ0) is 22.8. The van der Waals surface area contributed by atoms with E-state index in [0.717, 1.165) is 21.1 Å². The van der Waals surface area contributed by atoms with Gasteiger partial charge in [0.2, 0.25) is 21.1 Å². The van der Waals surface area contributed by atoms with Crippen molar-refractivity contribution in [2.75, 3.05) is 19.4 Å². The molecular weight excluding hydrogens is 436 g/mol. The van der Waals surface area contributed by atoms with Crippen molar-refractivity contribution in [3.05, 3.63) is 53.6 Å². The lowest BCUT2D eigenvalue weighted by Gasteiger charge is -2.16. The van der Waals surface area contributed by atoms with Gasteiger partial charge in [-0.2, -0.15) is 4.68 Å². The van der Waals surface area contributed by atoms with Crippen molar-refractivity contribution >= 4 is 33.4 Å². The molecular formula is C20H24N6O3S2. The predicted molar refractivity (Wildman–Crippen MR) is 120 cm³/mol. The first-order valence-electron chi connectivity index (χ1n) is 9.46. The smallest absolute Gasteiger partial charge is 0.242 e. The van der Waals surface area contributed by atoms with Gasteiger partial charge in [0.25, 0.3) is 0 Å². The van der Waals surface area contributed by atoms with E-state index >= 15 is 0 Å². The number of benzene rings is 2. The lowest BCUT2D eigenvalue weighted by molar-refractivity contribution is -0.115. The molecule has 11 heteroatoms. The summed E-state index contributed by atoms with van der Waals surface area (Å²) in [7, 11) is -0.680. The Kier molecular flexibility index (Phi) is 6.77. The van der Waals surface area contributed by atoms with Crippen LogP contribution in [-0.4, -0.2) is 58.2 Å². The summed E-state index contributed by atoms with van der Waals surface area (Å²) in [5, 5.41) is 14.6. The van der Waals surface area contributed by atoms with Crippen LogP contribution in [0, 0.1) is 13.8 Å². The van der Waals surface area contributed by atoms with E-state index in [1.807, 2.05) is 31.2 Å². The lowest BCUT2D eigenvalue weighted by Crippen LogP contribution is -2.25. The summed E-state index contributed by atoms with van der Waals surface area (Å²) in [6.45, 7) is 5.50. The summed E-state index contributed by atoms with van der Waals surface area (Å²) < 4.78 is 27.5. The van der Waals surface area contributed by atoms with Gasteiger partial charge in [-0.05, 0) is 60.5 Å². The largest absolute Gasteiger partial charge is 0.325 e. The zero-order valence-corrected chi connectivity index (χ0v) is 19.5. The van der Waals surface area contributed by atoms with Crippen LogP contribution in [0.1, 0.15) is 18.1 Å². The number of tetrazole rings is 1. The van der Waals surface area contributed by atoms with E-state index in [9.17, 15) is 13.2 Å². The standard InChI is InChI=1S/C20H24N6O3S2/c1-13-10-11-16(31(28,29)25(4)5)12-17(13)21-19(27)15(3)30-20-22-23-24-26(20)18-9-7-6-8-14(18)2/h6-12,15H,1-5H3,(H,21,27). The fraction of sp³-hybridized carbons (Fsp3) is 0.300. The summed E-state index contributed by atoms with van der Waals surface area (Å²) in [5.41, 5.74) is 3.04. The molecule has 1 aromatic heterocycles. The van der Waals surface area contributed by atoms with Crippen molar-refractivity contribution in [2.45, 2.75) is 36.1 Å². The van der Waals surface area contributed by atoms with E-state index in [4.69, 9.17) is 0 Å². The van der Waals surface area contributed by atoms with Crippen LogP contribution in [0.2, 0.25) is 0 Å². The number of rotatable bonds is 7. The molecule has 9 nitrogen and oxygen atoms in total. The SMILES string of the molecule is Cc1ccc(S(=O)(=O)N(C)C)cc1NC(=O)C(C)Sc1nnnn1-c1ccccc1C. The molecule has 2 aromatic carbocycles. The Balaban J connectivity index is 1.79. The Labute approximate surface area is 185 Å². The van der Waals surface area contributed by atoms with Crippen LogP contribution in [0.5, 0.6) is 0 Å². The van der Waals surface area contributed by atoms with Crippen LogP contribution in [0.3, 0.4) is 0 Å². The molecule has 0 radical (unpaired) electrons. The fourth-order valence-corrected chi connectivity index (χ4v) is 4.49. The van der Waals surface area contributed by atoms with E-state index in [1.165, 1.54) is 38.0 Å². The van der Waals surface area contributed by atoms with Crippen LogP contribution in [0.4, 0.5) is 5.69 Å². The van der Waals surface area contributed by atoms with Gasteiger partial charge in [0.15, 0.2) is 0 Å². The molecule has 0 aliphatic rings. The molecule has 31 heavy (non-hydrogen) atoms. The lowest BCUT2D eigenvalue weighted by atomic mass is 10.2. The summed E-state index contributed by atoms with van der Waals surface area (Å²) in [6.07, 6.45) is 0. The van der Waals surface area contributed by atoms with Gasteiger partial charge in [-0.15, -0.1) is 5.10 Å². The van der Waals surface area contributed by atoms with Crippen LogP contribution >= 0.6 is 11.8 Å². The molecule has 0 aliphatic heterocycles. The quantitative estimate of drug-likeness (QED) is 0.540. The van der Waals surface area contributed by atoms with Gasteiger partial charge >= 0.3 is 0 Å². The highest BCUT2D eigenvalue weighted by Crippen LogP contribution is 2.27. The first-order valence-corrected chi connectivity index (χ1v) is 11.8. The first-order chi connectivity index (χ1) is 14.6. The second kappa shape index (κ2) is 9.16. The van der Waals surface area contributed by atoms with E-state index in [-0.39, 0.29) is 10.8 Å². The highest BCUT2D eigenvalue weighted by molar-refractivity contribution is 8.00. The second-order valence-electron chi connectivity index (χ2n) is 7.17. The van der Waals surface area contributed by atoms with Gasteiger partial charge in [0.05, 0.1) is 15.8 Å². The van der Waals surface area contributed by atoms with Gasteiger partial charge < -0.3 is 5.32 Å². The van der Waals surface area contributed by atoms with Crippen molar-refractivity contribution in [1.29, 1.82) is 0 Å². The number of thioether (sulfide) groups is 1. The number of aryl methyl sites for hydroxylation is 2. The number of hydrogen-bond acceptors (Lipinski definition) is 7.